The maximum absolute atomic E-state index is 13.5. The number of piperidine rings is 1. The molecule has 3 aromatic rings. The molecule has 1 heterocycles. The number of likely N-dealkylation sites (tertiary alicyclic amines) is 1. The number of ether oxygens (including phenoxy) is 1. The molecule has 0 amide bonds. The highest BCUT2D eigenvalue weighted by atomic mass is 16.5. The summed E-state index contributed by atoms with van der Waals surface area (Å²) < 4.78 is 5.95. The second kappa shape index (κ2) is 9.67. The second-order valence-electron chi connectivity index (χ2n) is 7.92. The van der Waals surface area contributed by atoms with Gasteiger partial charge in [-0.2, -0.15) is 0 Å². The maximum atomic E-state index is 13.5. The lowest BCUT2D eigenvalue weighted by atomic mass is 9.83. The van der Waals surface area contributed by atoms with Gasteiger partial charge in [0.05, 0.1) is 0 Å². The molecule has 1 fully saturated rings. The van der Waals surface area contributed by atoms with E-state index in [0.717, 1.165) is 25.9 Å². The molecule has 0 aromatic heterocycles. The van der Waals surface area contributed by atoms with Crippen molar-refractivity contribution in [1.29, 1.82) is 0 Å². The van der Waals surface area contributed by atoms with Gasteiger partial charge in [-0.3, -0.25) is 4.90 Å². The summed E-state index contributed by atoms with van der Waals surface area (Å²) in [6.07, 6.45) is 1.43. The van der Waals surface area contributed by atoms with Gasteiger partial charge in [-0.15, -0.1) is 4.91 Å². The molecule has 5 heteroatoms. The number of carbonyl (C=O) groups excluding carboxylic acids is 1. The lowest BCUT2D eigenvalue weighted by Crippen LogP contribution is -2.44. The first-order valence-electron chi connectivity index (χ1n) is 10.7. The summed E-state index contributed by atoms with van der Waals surface area (Å²) in [5.41, 5.74) is 0.535. The highest BCUT2D eigenvalue weighted by Gasteiger charge is 2.47. The van der Waals surface area contributed by atoms with E-state index in [1.54, 1.807) is 48.5 Å². The number of hydrogen-bond acceptors (Lipinski definition) is 5. The van der Waals surface area contributed by atoms with Crippen LogP contribution in [0.3, 0.4) is 0 Å². The van der Waals surface area contributed by atoms with Crippen molar-refractivity contribution in [1.82, 2.24) is 4.90 Å². The topological polar surface area (TPSA) is 59.0 Å². The Morgan fingerprint density at radius 3 is 2.00 bits per heavy atom. The summed E-state index contributed by atoms with van der Waals surface area (Å²) in [4.78, 5) is 28.0. The second-order valence-corrected chi connectivity index (χ2v) is 7.92. The Balaban J connectivity index is 1.56. The van der Waals surface area contributed by atoms with E-state index in [2.05, 4.69) is 22.2 Å². The zero-order valence-electron chi connectivity index (χ0n) is 17.4. The molecule has 0 spiro atoms. The summed E-state index contributed by atoms with van der Waals surface area (Å²) in [6.45, 7) is 2.40. The third kappa shape index (κ3) is 4.57. The quantitative estimate of drug-likeness (QED) is 0.407. The van der Waals surface area contributed by atoms with Crippen LogP contribution < -0.4 is 0 Å². The van der Waals surface area contributed by atoms with Crippen LogP contribution >= 0.6 is 0 Å². The molecule has 1 aliphatic heterocycles. The molecule has 0 bridgehead atoms. The van der Waals surface area contributed by atoms with Gasteiger partial charge < -0.3 is 4.74 Å². The van der Waals surface area contributed by atoms with E-state index in [-0.39, 0.29) is 6.10 Å². The number of nitroso groups, excluding NO2 is 1. The van der Waals surface area contributed by atoms with E-state index in [1.807, 2.05) is 30.3 Å². The van der Waals surface area contributed by atoms with Crippen LogP contribution in [0.25, 0.3) is 0 Å². The van der Waals surface area contributed by atoms with Gasteiger partial charge in [0.15, 0.2) is 0 Å². The predicted molar refractivity (Wildman–Crippen MR) is 120 cm³/mol. The van der Waals surface area contributed by atoms with Gasteiger partial charge in [-0.25, -0.2) is 4.79 Å². The highest BCUT2D eigenvalue weighted by Crippen LogP contribution is 2.36. The Labute approximate surface area is 182 Å². The van der Waals surface area contributed by atoms with Crippen molar-refractivity contribution in [2.75, 3.05) is 13.1 Å². The highest BCUT2D eigenvalue weighted by molar-refractivity contribution is 5.87. The summed E-state index contributed by atoms with van der Waals surface area (Å²) in [6, 6.07) is 28.1. The van der Waals surface area contributed by atoms with Crippen molar-refractivity contribution >= 4 is 5.97 Å². The Morgan fingerprint density at radius 2 is 1.45 bits per heavy atom. The van der Waals surface area contributed by atoms with Crippen LogP contribution in [-0.2, 0) is 21.6 Å². The number of esters is 1. The van der Waals surface area contributed by atoms with Gasteiger partial charge in [0.2, 0.25) is 5.54 Å². The van der Waals surface area contributed by atoms with E-state index in [4.69, 9.17) is 4.74 Å². The predicted octanol–water partition coefficient (Wildman–Crippen LogP) is 4.90. The summed E-state index contributed by atoms with van der Waals surface area (Å²) in [5.74, 6) is -0.619. The molecule has 0 unspecified atom stereocenters. The zero-order valence-corrected chi connectivity index (χ0v) is 17.4. The summed E-state index contributed by atoms with van der Waals surface area (Å²) in [7, 11) is 0. The smallest absolute Gasteiger partial charge is 0.347 e. The summed E-state index contributed by atoms with van der Waals surface area (Å²) in [5, 5.41) is 3.37. The molecule has 31 heavy (non-hydrogen) atoms. The molecule has 3 aromatic carbocycles. The van der Waals surface area contributed by atoms with Crippen molar-refractivity contribution in [3.05, 3.63) is 113 Å². The van der Waals surface area contributed by atoms with Crippen LogP contribution in [-0.4, -0.2) is 30.1 Å². The Kier molecular flexibility index (Phi) is 6.53. The Morgan fingerprint density at radius 1 is 0.903 bits per heavy atom. The molecule has 1 aliphatic rings. The van der Waals surface area contributed by atoms with Crippen LogP contribution in [0.2, 0.25) is 0 Å². The molecule has 1 atom stereocenters. The molecule has 0 N–H and O–H groups in total. The van der Waals surface area contributed by atoms with E-state index in [0.29, 0.717) is 17.7 Å². The average Bonchev–Trinajstić information content (AvgIpc) is 2.82. The van der Waals surface area contributed by atoms with Crippen molar-refractivity contribution in [2.24, 2.45) is 5.18 Å². The fraction of sp³-hybridized carbons (Fsp3) is 0.269. The average molecular weight is 415 g/mol. The number of benzene rings is 3. The van der Waals surface area contributed by atoms with Gasteiger partial charge in [0.25, 0.3) is 0 Å². The zero-order chi connectivity index (χ0) is 21.5. The fourth-order valence-corrected chi connectivity index (χ4v) is 4.23. The lowest BCUT2D eigenvalue weighted by molar-refractivity contribution is -0.157. The van der Waals surface area contributed by atoms with E-state index >= 15 is 0 Å². The van der Waals surface area contributed by atoms with Crippen LogP contribution in [0.1, 0.15) is 29.5 Å². The number of hydrogen-bond donors (Lipinski definition) is 0. The van der Waals surface area contributed by atoms with Gasteiger partial charge in [-0.1, -0.05) is 91.0 Å². The molecule has 158 valence electrons. The third-order valence-corrected chi connectivity index (χ3v) is 5.80. The molecular weight excluding hydrogens is 388 g/mol. The van der Waals surface area contributed by atoms with Crippen molar-refractivity contribution in [3.8, 4) is 0 Å². The lowest BCUT2D eigenvalue weighted by Gasteiger charge is -2.34. The number of carbonyl (C=O) groups is 1. The third-order valence-electron chi connectivity index (χ3n) is 5.80. The number of rotatable bonds is 7. The van der Waals surface area contributed by atoms with Crippen molar-refractivity contribution < 1.29 is 9.53 Å². The van der Waals surface area contributed by atoms with Gasteiger partial charge in [-0.05, 0) is 41.3 Å². The Hall–Kier alpha value is -3.31. The van der Waals surface area contributed by atoms with E-state index < -0.39 is 11.5 Å². The van der Waals surface area contributed by atoms with Crippen molar-refractivity contribution in [3.63, 3.8) is 0 Å². The van der Waals surface area contributed by atoms with Crippen LogP contribution in [0, 0.1) is 4.91 Å². The normalized spacial score (nSPS) is 17.1. The molecule has 0 aliphatic carbocycles. The molecular formula is C26H26N2O3. The van der Waals surface area contributed by atoms with Gasteiger partial charge in [0.1, 0.15) is 6.10 Å². The minimum Gasteiger partial charge on any atom is -0.459 e. The van der Waals surface area contributed by atoms with Crippen LogP contribution in [0.5, 0.6) is 0 Å². The summed E-state index contributed by atoms with van der Waals surface area (Å²) >= 11 is 0. The minimum atomic E-state index is -1.72. The van der Waals surface area contributed by atoms with Gasteiger partial charge in [0, 0.05) is 13.1 Å². The number of nitrogens with zero attached hydrogens (tertiary/aromatic N) is 2. The monoisotopic (exact) mass is 414 g/mol. The van der Waals surface area contributed by atoms with Crippen LogP contribution in [0.4, 0.5) is 0 Å². The largest absolute Gasteiger partial charge is 0.459 e. The van der Waals surface area contributed by atoms with Crippen molar-refractivity contribution in [2.45, 2.75) is 31.0 Å². The maximum Gasteiger partial charge on any atom is 0.347 e. The fourth-order valence-electron chi connectivity index (χ4n) is 4.23. The molecule has 1 saturated heterocycles. The Bertz CT molecular complexity index is 953. The minimum absolute atomic E-state index is 0.279. The molecule has 0 saturated carbocycles. The standard InChI is InChI=1S/C26H26N2O3/c29-25(31-24-17-10-18-28(20-24)19-21-11-4-1-5-12-21)26(27-30,22-13-6-2-7-14-22)23-15-8-3-9-16-23/h1-9,11-16,24H,10,17-20H2/t24-/m1/s1. The first-order valence-corrected chi connectivity index (χ1v) is 10.7. The molecule has 5 nitrogen and oxygen atoms in total. The molecule has 0 radical (unpaired) electrons. The molecule has 4 rings (SSSR count). The SMILES string of the molecule is O=NC(C(=O)O[C@@H]1CCCN(Cc2ccccc2)C1)(c1ccccc1)c1ccccc1. The van der Waals surface area contributed by atoms with E-state index in [1.165, 1.54) is 5.56 Å². The first-order chi connectivity index (χ1) is 15.2. The first kappa shape index (κ1) is 20.9. The van der Waals surface area contributed by atoms with E-state index in [9.17, 15) is 9.70 Å². The van der Waals surface area contributed by atoms with Crippen LogP contribution in [0.15, 0.2) is 96.2 Å². The van der Waals surface area contributed by atoms with Gasteiger partial charge >= 0.3 is 5.97 Å².